The second-order valence-corrected chi connectivity index (χ2v) is 17.5. The Labute approximate surface area is 330 Å². The number of hydrazone groups is 1. The van der Waals surface area contributed by atoms with Gasteiger partial charge in [-0.2, -0.15) is 0 Å². The third-order valence-corrected chi connectivity index (χ3v) is 13.3. The largest absolute Gasteiger partial charge is 0.481 e. The van der Waals surface area contributed by atoms with Crippen molar-refractivity contribution in [3.63, 3.8) is 0 Å². The maximum Gasteiger partial charge on any atom is 0.481 e. The van der Waals surface area contributed by atoms with Crippen molar-refractivity contribution in [1.29, 1.82) is 0 Å². The molecule has 4 aliphatic carbocycles. The first-order chi connectivity index (χ1) is 26.7. The maximum atomic E-state index is 14.0. The molecule has 1 saturated heterocycles. The molecule has 1 aromatic rings. The zero-order valence-corrected chi connectivity index (χ0v) is 33.5. The normalized spacial score (nSPS) is 28.3. The van der Waals surface area contributed by atoms with E-state index in [9.17, 15) is 29.3 Å². The SMILES string of the molecule is CC[C@]12CC34CC([C@@H]1OB([C@H](CC(C)C)NC(=O)[C@H](CCCN/C(N)=N/[N+](=O)[O-])NC(=O)CCCCCCCCCN1C(=O)c5ccccc5C1=O)O2)[C@]3(C)C4. The van der Waals surface area contributed by atoms with Gasteiger partial charge in [-0.15, -0.1) is 0 Å². The number of nitrogens with one attached hydrogen (secondary N) is 3. The summed E-state index contributed by atoms with van der Waals surface area (Å²) in [6.45, 7) is 9.40. The summed E-state index contributed by atoms with van der Waals surface area (Å²) in [6.07, 6.45) is 12.0. The quantitative estimate of drug-likeness (QED) is 0.0243. The van der Waals surface area contributed by atoms with Crippen LogP contribution in [0.25, 0.3) is 0 Å². The molecule has 2 bridgehead atoms. The van der Waals surface area contributed by atoms with Crippen LogP contribution < -0.4 is 21.7 Å². The molecular weight excluding hydrogens is 717 g/mol. The van der Waals surface area contributed by atoms with E-state index in [1.54, 1.807) is 24.3 Å². The van der Waals surface area contributed by atoms with Gasteiger partial charge in [0.25, 0.3) is 17.8 Å². The number of hydrogen-bond acceptors (Lipinski definition) is 8. The van der Waals surface area contributed by atoms with Gasteiger partial charge in [0.2, 0.25) is 11.8 Å². The Morgan fingerprint density at radius 1 is 1.04 bits per heavy atom. The Kier molecular flexibility index (Phi) is 12.8. The van der Waals surface area contributed by atoms with Crippen LogP contribution in [0.4, 0.5) is 0 Å². The average Bonchev–Trinajstić information content (AvgIpc) is 3.38. The molecule has 1 spiro atoms. The number of benzene rings is 1. The van der Waals surface area contributed by atoms with Gasteiger partial charge in [0.1, 0.15) is 11.1 Å². The lowest BCUT2D eigenvalue weighted by Gasteiger charge is -2.57. The number of hydrogen-bond donors (Lipinski definition) is 4. The zero-order valence-electron chi connectivity index (χ0n) is 33.5. The van der Waals surface area contributed by atoms with Crippen LogP contribution in [0.3, 0.4) is 0 Å². The lowest BCUT2D eigenvalue weighted by atomic mass is 9.51. The van der Waals surface area contributed by atoms with Crippen LogP contribution in [-0.4, -0.2) is 83.4 Å². The van der Waals surface area contributed by atoms with Gasteiger partial charge < -0.3 is 31.0 Å². The minimum absolute atomic E-state index is 0.0102. The Morgan fingerprint density at radius 2 is 1.70 bits per heavy atom. The van der Waals surface area contributed by atoms with Crippen LogP contribution >= 0.6 is 0 Å². The van der Waals surface area contributed by atoms with Crippen molar-refractivity contribution >= 4 is 36.7 Å². The summed E-state index contributed by atoms with van der Waals surface area (Å²) in [5.74, 6) is -0.976. The Hall–Kier alpha value is -4.05. The summed E-state index contributed by atoms with van der Waals surface area (Å²) in [5, 5.41) is 21.7. The predicted octanol–water partition coefficient (Wildman–Crippen LogP) is 4.71. The molecule has 2 heterocycles. The van der Waals surface area contributed by atoms with Crippen molar-refractivity contribution in [3.8, 4) is 0 Å². The number of nitrogens with zero attached hydrogens (tertiary/aromatic N) is 3. The van der Waals surface area contributed by atoms with E-state index in [-0.39, 0.29) is 66.6 Å². The number of imide groups is 1. The maximum absolute atomic E-state index is 14.0. The second-order valence-electron chi connectivity index (χ2n) is 17.5. The first-order valence-electron chi connectivity index (χ1n) is 20.8. The van der Waals surface area contributed by atoms with Gasteiger partial charge >= 0.3 is 7.12 Å². The summed E-state index contributed by atoms with van der Waals surface area (Å²) in [4.78, 5) is 64.3. The summed E-state index contributed by atoms with van der Waals surface area (Å²) < 4.78 is 13.6. The molecule has 306 valence electrons. The molecule has 0 aromatic heterocycles. The summed E-state index contributed by atoms with van der Waals surface area (Å²) in [5.41, 5.74) is 6.91. The minimum Gasteiger partial charge on any atom is -0.404 e. The van der Waals surface area contributed by atoms with E-state index in [0.717, 1.165) is 51.4 Å². The predicted molar refractivity (Wildman–Crippen MR) is 211 cm³/mol. The van der Waals surface area contributed by atoms with Crippen LogP contribution in [0, 0.1) is 32.8 Å². The highest BCUT2D eigenvalue weighted by atomic mass is 16.7. The lowest BCUT2D eigenvalue weighted by molar-refractivity contribution is -0.485. The Balaban J connectivity index is 0.957. The fraction of sp³-hybridized carbons (Fsp3) is 0.725. The van der Waals surface area contributed by atoms with Gasteiger partial charge in [0.15, 0.2) is 5.03 Å². The number of carbonyl (C=O) groups excluding carboxylic acids is 4. The van der Waals surface area contributed by atoms with Gasteiger partial charge in [-0.25, -0.2) is 10.1 Å². The van der Waals surface area contributed by atoms with E-state index in [0.29, 0.717) is 53.7 Å². The molecule has 7 rings (SSSR count). The number of fused-ring (bicyclic) bond motifs is 1. The molecule has 1 aromatic carbocycles. The zero-order chi connectivity index (χ0) is 40.3. The number of amides is 4. The fourth-order valence-corrected chi connectivity index (χ4v) is 10.2. The number of unbranched alkanes of at least 4 members (excludes halogenated alkanes) is 6. The molecule has 56 heavy (non-hydrogen) atoms. The minimum atomic E-state index is -0.882. The number of nitro groups is 1. The van der Waals surface area contributed by atoms with Gasteiger partial charge in [-0.3, -0.25) is 24.1 Å². The number of nitrogens with two attached hydrogens (primary N) is 1. The smallest absolute Gasteiger partial charge is 0.404 e. The van der Waals surface area contributed by atoms with E-state index in [2.05, 4.69) is 48.7 Å². The van der Waals surface area contributed by atoms with Crippen LogP contribution in [0.1, 0.15) is 145 Å². The standard InChI is InChI=1S/C40H60BN7O8/c1-5-40-25-39-23-29(38(39,4)24-39)33(40)55-41(56-40)31(22-26(2)3)45-34(50)30(18-15-20-43-37(42)46-48(53)54)44-32(49)19-11-9-7-6-8-10-14-21-47-35(51)27-16-12-13-17-28(27)36(47)52/h12-13,16-17,26,29-31,33H,5-11,14-15,18-25H2,1-4H3,(H,44,49)(H,45,50)(H3,42,43,46)/t29?,30-,31-,33-,38-,39?,40-/m0/s1. The molecule has 16 heteroatoms. The van der Waals surface area contributed by atoms with Gasteiger partial charge in [0.05, 0.1) is 28.8 Å². The van der Waals surface area contributed by atoms with E-state index in [4.69, 9.17) is 15.0 Å². The van der Waals surface area contributed by atoms with Gasteiger partial charge in [-0.05, 0) is 92.6 Å². The third-order valence-electron chi connectivity index (χ3n) is 13.3. The van der Waals surface area contributed by atoms with Crippen molar-refractivity contribution in [2.45, 2.75) is 148 Å². The molecule has 2 aliphatic heterocycles. The molecular formula is C40H60BN7O8. The highest BCUT2D eigenvalue weighted by molar-refractivity contribution is 6.48. The first-order valence-corrected chi connectivity index (χ1v) is 20.8. The molecule has 0 radical (unpaired) electrons. The fourth-order valence-electron chi connectivity index (χ4n) is 10.2. The van der Waals surface area contributed by atoms with Crippen LogP contribution in [0.2, 0.25) is 0 Å². The summed E-state index contributed by atoms with van der Waals surface area (Å²) in [6, 6.07) is 6.09. The van der Waals surface area contributed by atoms with Crippen molar-refractivity contribution < 1.29 is 33.5 Å². The molecule has 6 aliphatic rings. The molecule has 2 unspecified atom stereocenters. The van der Waals surface area contributed by atoms with Gasteiger partial charge in [0, 0.05) is 19.5 Å². The average molecular weight is 778 g/mol. The summed E-state index contributed by atoms with van der Waals surface area (Å²) in [7, 11) is -0.580. The molecule has 4 amide bonds. The van der Waals surface area contributed by atoms with E-state index in [1.807, 2.05) is 0 Å². The van der Waals surface area contributed by atoms with E-state index < -0.39 is 24.1 Å². The van der Waals surface area contributed by atoms with E-state index >= 15 is 0 Å². The third kappa shape index (κ3) is 8.60. The highest BCUT2D eigenvalue weighted by Crippen LogP contribution is 2.87. The Morgan fingerprint density at radius 3 is 2.32 bits per heavy atom. The van der Waals surface area contributed by atoms with E-state index in [1.165, 1.54) is 17.7 Å². The number of carbonyl (C=O) groups is 4. The van der Waals surface area contributed by atoms with Crippen molar-refractivity contribution in [2.75, 3.05) is 13.1 Å². The molecule has 5 N–H and O–H groups in total. The molecule has 5 fully saturated rings. The lowest BCUT2D eigenvalue weighted by Crippen LogP contribution is -2.60. The topological polar surface area (TPSA) is 208 Å². The van der Waals surface area contributed by atoms with Crippen molar-refractivity contribution in [3.05, 3.63) is 45.5 Å². The van der Waals surface area contributed by atoms with Crippen molar-refractivity contribution in [2.24, 2.45) is 33.5 Å². The number of guanidine groups is 1. The van der Waals surface area contributed by atoms with Crippen LogP contribution in [0.5, 0.6) is 0 Å². The molecule has 15 nitrogen and oxygen atoms in total. The Bertz CT molecular complexity index is 1660. The molecule has 7 atom stereocenters. The van der Waals surface area contributed by atoms with Crippen LogP contribution in [-0.2, 0) is 18.9 Å². The summed E-state index contributed by atoms with van der Waals surface area (Å²) >= 11 is 0. The molecule has 4 saturated carbocycles. The van der Waals surface area contributed by atoms with Gasteiger partial charge in [-0.1, -0.05) is 71.9 Å². The number of rotatable bonds is 22. The first kappa shape index (κ1) is 41.6. The second kappa shape index (κ2) is 17.2. The highest BCUT2D eigenvalue weighted by Gasteiger charge is 2.84. The van der Waals surface area contributed by atoms with Crippen LogP contribution in [0.15, 0.2) is 29.4 Å². The monoisotopic (exact) mass is 777 g/mol. The van der Waals surface area contributed by atoms with Crippen molar-refractivity contribution in [1.82, 2.24) is 20.9 Å².